The minimum absolute atomic E-state index is 1.04. The van der Waals surface area contributed by atoms with Crippen LogP contribution >= 0.6 is 0 Å². The molecule has 6 aliphatic rings. The number of aliphatic hydroxyl groups is 23. The summed E-state index contributed by atoms with van der Waals surface area (Å²) in [5, 5.41) is 266. The van der Waals surface area contributed by atoms with Gasteiger partial charge in [-0.3, -0.25) is 0 Å². The molecule has 6 aliphatic heterocycles. The van der Waals surface area contributed by atoms with Crippen LogP contribution in [0.2, 0.25) is 0 Å². The van der Waals surface area contributed by atoms with Gasteiger partial charge in [-0.05, 0) is 0 Å². The van der Waals surface area contributed by atoms with Gasteiger partial charge in [0, 0.05) is 12.8 Å². The van der Waals surface area contributed by atoms with Gasteiger partial charge in [-0.25, -0.2) is 9.59 Å². The molecule has 38 nitrogen and oxygen atoms in total. The Morgan fingerprint density at radius 3 is 1.37 bits per heavy atom. The van der Waals surface area contributed by atoms with Crippen molar-refractivity contribution < 1.29 is 189 Å². The Labute approximate surface area is 454 Å². The molecule has 0 aromatic rings. The van der Waals surface area contributed by atoms with Crippen LogP contribution in [0.4, 0.5) is 0 Å². The second kappa shape index (κ2) is 28.0. The van der Waals surface area contributed by atoms with E-state index in [1.165, 1.54) is 0 Å². The summed E-state index contributed by atoms with van der Waals surface area (Å²) in [6.07, 6.45) is -72.8. The molecule has 25 N–H and O–H groups in total. The predicted octanol–water partition coefficient (Wildman–Crippen LogP) is -16.3. The van der Waals surface area contributed by atoms with E-state index < -0.39 is 266 Å². The van der Waals surface area contributed by atoms with Crippen LogP contribution in [0.1, 0.15) is 12.8 Å². The Hall–Kier alpha value is -2.42. The highest BCUT2D eigenvalue weighted by atomic mass is 16.8. The monoisotopic (exact) mass is 1200 g/mol. The smallest absolute Gasteiger partial charge is 0.364 e. The molecule has 0 bridgehead atoms. The summed E-state index contributed by atoms with van der Waals surface area (Å²) in [5.41, 5.74) is 0. The van der Waals surface area contributed by atoms with Gasteiger partial charge in [-0.2, -0.15) is 0 Å². The molecule has 33 atom stereocenters. The summed E-state index contributed by atoms with van der Waals surface area (Å²) in [6.45, 7) is -7.20. The normalized spacial score (nSPS) is 48.1. The van der Waals surface area contributed by atoms with Crippen LogP contribution in [0.15, 0.2) is 0 Å². The number of aliphatic hydroxyl groups excluding tert-OH is 22. The zero-order valence-corrected chi connectivity index (χ0v) is 42.0. The zero-order valence-electron chi connectivity index (χ0n) is 42.0. The van der Waals surface area contributed by atoms with Gasteiger partial charge in [0.1, 0.15) is 153 Å². The van der Waals surface area contributed by atoms with E-state index in [-0.39, 0.29) is 0 Å². The number of ether oxygens (including phenoxy) is 11. The molecule has 0 radical (unpaired) electrons. The largest absolute Gasteiger partial charge is 0.477 e. The maximum atomic E-state index is 13.0. The third-order valence-electron chi connectivity index (χ3n) is 14.6. The quantitative estimate of drug-likeness (QED) is 0.0452. The van der Waals surface area contributed by atoms with Crippen LogP contribution in [0.3, 0.4) is 0 Å². The molecular formula is C43H72O38. The van der Waals surface area contributed by atoms with Gasteiger partial charge in [0.25, 0.3) is 11.6 Å². The van der Waals surface area contributed by atoms with Crippen molar-refractivity contribution in [2.45, 2.75) is 214 Å². The first-order chi connectivity index (χ1) is 38.0. The second-order valence-electron chi connectivity index (χ2n) is 20.2. The summed E-state index contributed by atoms with van der Waals surface area (Å²) >= 11 is 0. The van der Waals surface area contributed by atoms with Crippen LogP contribution in [0.5, 0.6) is 0 Å². The lowest BCUT2D eigenvalue weighted by atomic mass is 9.89. The molecule has 0 spiro atoms. The molecule has 0 amide bonds. The minimum Gasteiger partial charge on any atom is -0.477 e. The summed E-state index contributed by atoms with van der Waals surface area (Å²) in [5.74, 6) is -11.3. The van der Waals surface area contributed by atoms with Crippen LogP contribution in [-0.4, -0.2) is 381 Å². The lowest BCUT2D eigenvalue weighted by molar-refractivity contribution is -0.406. The maximum absolute atomic E-state index is 13.0. The molecule has 0 unspecified atom stereocenters. The van der Waals surface area contributed by atoms with Crippen molar-refractivity contribution in [1.82, 2.24) is 0 Å². The molecule has 6 rings (SSSR count). The number of hydrogen-bond acceptors (Lipinski definition) is 36. The van der Waals surface area contributed by atoms with E-state index in [1.807, 2.05) is 0 Å². The van der Waals surface area contributed by atoms with Gasteiger partial charge >= 0.3 is 11.9 Å². The third-order valence-corrected chi connectivity index (χ3v) is 14.6. The number of carboxylic acids is 2. The first-order valence-corrected chi connectivity index (χ1v) is 25.0. The van der Waals surface area contributed by atoms with Crippen molar-refractivity contribution in [3.8, 4) is 0 Å². The molecule has 6 heterocycles. The molecule has 0 aromatic heterocycles. The topological polar surface area (TPSA) is 641 Å². The van der Waals surface area contributed by atoms with Crippen LogP contribution in [0.25, 0.3) is 0 Å². The van der Waals surface area contributed by atoms with E-state index in [4.69, 9.17) is 52.1 Å². The van der Waals surface area contributed by atoms with E-state index in [9.17, 15) is 137 Å². The van der Waals surface area contributed by atoms with Crippen molar-refractivity contribution in [3.05, 3.63) is 0 Å². The summed E-state index contributed by atoms with van der Waals surface area (Å²) < 4.78 is 61.1. The van der Waals surface area contributed by atoms with E-state index in [1.54, 1.807) is 0 Å². The van der Waals surface area contributed by atoms with Gasteiger partial charge < -0.3 is 180 Å². The first kappa shape index (κ1) is 67.7. The predicted molar refractivity (Wildman–Crippen MR) is 240 cm³/mol. The molecule has 0 aliphatic carbocycles. The van der Waals surface area contributed by atoms with Gasteiger partial charge in [0.15, 0.2) is 25.2 Å². The average Bonchev–Trinajstić information content (AvgIpc) is 3.47. The van der Waals surface area contributed by atoms with E-state index >= 15 is 0 Å². The number of hydrogen-bond donors (Lipinski definition) is 25. The van der Waals surface area contributed by atoms with Gasteiger partial charge in [0.2, 0.25) is 0 Å². The molecule has 38 heteroatoms. The van der Waals surface area contributed by atoms with Crippen molar-refractivity contribution in [1.29, 1.82) is 0 Å². The Kier molecular flexibility index (Phi) is 23.4. The molecular weight excluding hydrogens is 1120 g/mol. The number of carbonyl (C=O) groups is 2. The SMILES string of the molecule is O=C(O)[C@@]1(O[C@@H]2C[C@](O)(C(=O)O)O[C@H]([C@H](O)CO)[C@@H]2O[C@H]2O[C@H]([C@@H](O)CO)[C@@H](O)[C@H](O[C@H]3O[C@H]([C@@H](O)CO[C@H]4O[C@H]([C@@H](O)CO)[C@@H](O)[C@H](O)[C@@H]4O)[C@@H](O)[C@H](O[C@H]4O[C@H](CO)[C@H](O)[C@H](O)[C@H]4O)[C@@H]3O)[C@@H]2O)C[C@@H](O)[C@@H](O)[C@@H]([C@H](O)CO)O1. The van der Waals surface area contributed by atoms with Crippen molar-refractivity contribution in [3.63, 3.8) is 0 Å². The Morgan fingerprint density at radius 2 is 0.877 bits per heavy atom. The van der Waals surface area contributed by atoms with Gasteiger partial charge in [0.05, 0.1) is 51.8 Å². The standard InChI is InChI=1S/C43H72O38/c44-3-10(50)28-21(59)20(58)22(60)36(73-28)71-8-14(54)30-25(63)35(77-37-23(61)19(57)18(56)16(7-48)72-37)27(65)39(75-30)78-34-24(62)29(11(51)4-45)74-38(26(34)64)76-33-15(2-42(70,40(66)67)80-32(33)13(53)6-47)79-43(41(68)69)1-9(49)17(55)31(81-43)12(52)5-46/h9-39,44-65,70H,1-8H2,(H,66,67)(H,68,69)/t9-,10+,11+,12-,13-,14+,15-,16-,17-,18+,19+,20+,21+,22+,23-,24-,25-,26+,27+,28-,29-,30-,31-,32-,33-,34+,35+,36+,37-,38-,39-,42-,43-/m1/s1. The molecule has 472 valence electrons. The zero-order chi connectivity index (χ0) is 60.5. The highest BCUT2D eigenvalue weighted by Gasteiger charge is 2.63. The molecule has 81 heavy (non-hydrogen) atoms. The van der Waals surface area contributed by atoms with Gasteiger partial charge in [-0.15, -0.1) is 0 Å². The lowest BCUT2D eigenvalue weighted by Gasteiger charge is -2.52. The average molecular weight is 1200 g/mol. The summed E-state index contributed by atoms with van der Waals surface area (Å²) in [4.78, 5) is 25.5. The van der Waals surface area contributed by atoms with E-state index in [0.717, 1.165) is 0 Å². The first-order valence-electron chi connectivity index (χ1n) is 25.0. The second-order valence-corrected chi connectivity index (χ2v) is 20.2. The van der Waals surface area contributed by atoms with Crippen LogP contribution in [-0.2, 0) is 61.7 Å². The van der Waals surface area contributed by atoms with Crippen LogP contribution in [0, 0.1) is 0 Å². The highest BCUT2D eigenvalue weighted by molar-refractivity contribution is 5.76. The number of aliphatic carboxylic acids is 2. The maximum Gasteiger partial charge on any atom is 0.364 e. The highest BCUT2D eigenvalue weighted by Crippen LogP contribution is 2.42. The van der Waals surface area contributed by atoms with E-state index in [2.05, 4.69) is 0 Å². The number of carboxylic acid groups (broad SMARTS) is 2. The lowest BCUT2D eigenvalue weighted by Crippen LogP contribution is -2.70. The van der Waals surface area contributed by atoms with E-state index in [0.29, 0.717) is 0 Å². The van der Waals surface area contributed by atoms with Crippen molar-refractivity contribution in [2.24, 2.45) is 0 Å². The Morgan fingerprint density at radius 1 is 0.444 bits per heavy atom. The Balaban J connectivity index is 1.37. The molecule has 0 saturated carbocycles. The fourth-order valence-electron chi connectivity index (χ4n) is 10.00. The third kappa shape index (κ3) is 14.1. The molecule has 6 saturated heterocycles. The number of rotatable bonds is 23. The van der Waals surface area contributed by atoms with Crippen molar-refractivity contribution >= 4 is 11.9 Å². The van der Waals surface area contributed by atoms with Crippen molar-refractivity contribution in [2.75, 3.05) is 39.6 Å². The summed E-state index contributed by atoms with van der Waals surface area (Å²) in [7, 11) is 0. The fraction of sp³-hybridized carbons (Fsp3) is 0.953. The molecule has 6 fully saturated rings. The van der Waals surface area contributed by atoms with Gasteiger partial charge in [-0.1, -0.05) is 0 Å². The van der Waals surface area contributed by atoms with Crippen LogP contribution < -0.4 is 0 Å². The Bertz CT molecular complexity index is 2000. The molecule has 0 aromatic carbocycles. The fourth-order valence-corrected chi connectivity index (χ4v) is 10.00. The minimum atomic E-state index is -3.54. The summed E-state index contributed by atoms with van der Waals surface area (Å²) in [6, 6.07) is 0.